The number of ether oxygens (including phenoxy) is 4. The van der Waals surface area contributed by atoms with Gasteiger partial charge in [-0.25, -0.2) is 0 Å². The zero-order valence-electron chi connectivity index (χ0n) is 59.2. The van der Waals surface area contributed by atoms with Gasteiger partial charge in [-0.05, 0) is 234 Å². The average Bonchev–Trinajstić information content (AvgIpc) is 0.813. The van der Waals surface area contributed by atoms with E-state index in [0.29, 0.717) is 52.5 Å². The maximum Gasteiger partial charge on any atom is 0.315 e. The van der Waals surface area contributed by atoms with Gasteiger partial charge in [-0.2, -0.15) is 138 Å². The zero-order chi connectivity index (χ0) is 79.1. The van der Waals surface area contributed by atoms with Crippen LogP contribution >= 0.6 is 276 Å². The van der Waals surface area contributed by atoms with E-state index in [-0.39, 0.29) is 23.4 Å². The number of carbonyl (C=O) groups excluding carboxylic acids is 2. The fraction of sp³-hybridized carbons (Fsp3) is 0.308. The first-order valence-electron chi connectivity index (χ1n) is 32.9. The molecule has 582 valence electrons. The molecule has 28 heteroatoms. The Morgan fingerprint density at radius 3 is 0.906 bits per heavy atom. The Labute approximate surface area is 752 Å². The van der Waals surface area contributed by atoms with Crippen molar-refractivity contribution < 1.29 is 28.5 Å². The lowest BCUT2D eigenvalue weighted by atomic mass is 10.0. The quantitative estimate of drug-likeness (QED) is 0.0149. The third kappa shape index (κ3) is 56.9. The normalized spacial score (nSPS) is 9.91. The lowest BCUT2D eigenvalue weighted by Crippen LogP contribution is -2.09. The summed E-state index contributed by atoms with van der Waals surface area (Å²) in [6.45, 7) is 7.67. The Morgan fingerprint density at radius 1 is 0.321 bits per heavy atom. The Kier molecular flexibility index (Phi) is 71.2. The maximum absolute atomic E-state index is 10.6. The monoisotopic (exact) mass is 1840 g/mol. The van der Waals surface area contributed by atoms with Crippen molar-refractivity contribution in [2.24, 2.45) is 0 Å². The molecule has 0 N–H and O–H groups in total. The Balaban J connectivity index is 0.00000117. The standard InChI is InChI=1S/C12H10S3.C12H10S2.C10H8S2.C10H14S2.C8H14O4S2.C6H14O2S2.2C6H6S2.C4H10S3.C4H10S2/c13-9-1-5-11(6-2-9)15-12-7-3-10(14)4-8-12;13-11-5-1-9(2-6-11)10-3-7-12(14)8-4-10;11-9-5-1-3-7-8(9)4-2-6-10(7)12;1-7-3-9(5-11)10(6-12)4-8(7)2;9-7(5-13)11-3-1-2-4-12-8(10)6-14;9-5-3-7-1-2-8-4-6-10;7-5-1-2-6(8)4-3-5;7-5-2-1-3-6(8)4-5;5-1-3-7-4-2-6;5-3-1-2-4-6/h1-8,13-14H;1-8,13-14H;1-6,11-12H;3-4,11-12H,5-6H2,1-2H3;13-14H,1-6H2;9-10H,1-6H2;2*1-4,7-8H;5-6H,1-4H2;5-6H,1-4H2. The highest BCUT2D eigenvalue weighted by atomic mass is 32.2. The van der Waals surface area contributed by atoms with Gasteiger partial charge in [0.1, 0.15) is 0 Å². The molecule has 0 aromatic heterocycles. The summed E-state index contributed by atoms with van der Waals surface area (Å²) < 4.78 is 19.7. The second kappa shape index (κ2) is 71.4. The van der Waals surface area contributed by atoms with Crippen LogP contribution in [0.2, 0.25) is 0 Å². The number of unbranched alkanes of at least 4 members (excludes halogenated alkanes) is 2. The summed E-state index contributed by atoms with van der Waals surface area (Å²) in [4.78, 5) is 33.5. The molecule has 106 heavy (non-hydrogen) atoms. The topological polar surface area (TPSA) is 71.1 Å². The molecule has 0 aliphatic heterocycles. The summed E-state index contributed by atoms with van der Waals surface area (Å²) in [5, 5.41) is 2.32. The average molecular weight is 1840 g/mol. The van der Waals surface area contributed by atoms with E-state index >= 15 is 0 Å². The second-order valence-electron chi connectivity index (χ2n) is 21.2. The van der Waals surface area contributed by atoms with Gasteiger partial charge in [0.05, 0.1) is 51.1 Å². The molecular formula is C78H102O6S22. The highest BCUT2D eigenvalue weighted by Crippen LogP contribution is 2.30. The fourth-order valence-corrected chi connectivity index (χ4v) is 13.0. The predicted octanol–water partition coefficient (Wildman–Crippen LogP) is 24.3. The first-order chi connectivity index (χ1) is 51.0. The number of hydrogen-bond acceptors (Lipinski definition) is 28. The van der Waals surface area contributed by atoms with Crippen molar-refractivity contribution in [3.05, 3.63) is 216 Å². The van der Waals surface area contributed by atoms with Crippen LogP contribution in [0.5, 0.6) is 0 Å². The highest BCUT2D eigenvalue weighted by Gasteiger charge is 2.04. The molecule has 0 aliphatic carbocycles. The maximum atomic E-state index is 10.6. The van der Waals surface area contributed by atoms with Crippen LogP contribution in [0, 0.1) is 13.8 Å². The van der Waals surface area contributed by atoms with Crippen molar-refractivity contribution in [2.45, 2.75) is 110 Å². The third-order valence-corrected chi connectivity index (χ3v) is 21.3. The van der Waals surface area contributed by atoms with E-state index in [1.807, 2.05) is 133 Å². The van der Waals surface area contributed by atoms with E-state index in [9.17, 15) is 9.59 Å². The van der Waals surface area contributed by atoms with E-state index < -0.39 is 0 Å². The summed E-state index contributed by atoms with van der Waals surface area (Å²) in [5.41, 5.74) is 7.69. The summed E-state index contributed by atoms with van der Waals surface area (Å²) >= 11 is 85.9. The lowest BCUT2D eigenvalue weighted by molar-refractivity contribution is -0.142. The molecule has 0 aliphatic rings. The number of hydrogen-bond donors (Lipinski definition) is 20. The molecule has 0 unspecified atom stereocenters. The van der Waals surface area contributed by atoms with Gasteiger partial charge in [0.2, 0.25) is 0 Å². The molecule has 0 bridgehead atoms. The van der Waals surface area contributed by atoms with Crippen LogP contribution < -0.4 is 0 Å². The van der Waals surface area contributed by atoms with Crippen molar-refractivity contribution in [3.8, 4) is 11.1 Å². The number of thiol groups is 20. The molecule has 0 heterocycles. The van der Waals surface area contributed by atoms with Crippen molar-refractivity contribution in [3.63, 3.8) is 0 Å². The molecule has 6 nitrogen and oxygen atoms in total. The number of aryl methyl sites for hydroxylation is 2. The summed E-state index contributed by atoms with van der Waals surface area (Å²) in [5.74, 6) is 8.95. The van der Waals surface area contributed by atoms with Crippen LogP contribution in [0.4, 0.5) is 0 Å². The van der Waals surface area contributed by atoms with Crippen molar-refractivity contribution >= 4 is 299 Å². The Morgan fingerprint density at radius 2 is 0.632 bits per heavy atom. The van der Waals surface area contributed by atoms with Crippen LogP contribution in [0.25, 0.3) is 21.9 Å². The van der Waals surface area contributed by atoms with Crippen molar-refractivity contribution in [1.29, 1.82) is 0 Å². The van der Waals surface area contributed by atoms with E-state index in [2.05, 4.69) is 339 Å². The van der Waals surface area contributed by atoms with Gasteiger partial charge in [0.15, 0.2) is 0 Å². The minimum absolute atomic E-state index is 0.0919. The van der Waals surface area contributed by atoms with Crippen molar-refractivity contribution in [1.82, 2.24) is 0 Å². The number of benzene rings is 9. The Hall–Kier alpha value is -0.200. The number of rotatable bonds is 26. The number of fused-ring (bicyclic) bond motifs is 1. The molecule has 0 saturated heterocycles. The van der Waals surface area contributed by atoms with Crippen LogP contribution in [0.15, 0.2) is 253 Å². The fourth-order valence-electron chi connectivity index (χ4n) is 7.50. The molecule has 9 aromatic carbocycles. The van der Waals surface area contributed by atoms with Gasteiger partial charge in [-0.15, -0.1) is 126 Å². The molecular weight excluding hydrogens is 1740 g/mol. The van der Waals surface area contributed by atoms with E-state index in [4.69, 9.17) is 18.9 Å². The molecule has 9 rings (SSSR count). The minimum Gasteiger partial charge on any atom is -0.465 e. The lowest BCUT2D eigenvalue weighted by Gasteiger charge is -2.08. The van der Waals surface area contributed by atoms with Crippen LogP contribution in [0.3, 0.4) is 0 Å². The molecule has 0 atom stereocenters. The van der Waals surface area contributed by atoms with Crippen LogP contribution in [0.1, 0.15) is 47.9 Å². The summed E-state index contributed by atoms with van der Waals surface area (Å²) in [6, 6.07) is 64.3. The van der Waals surface area contributed by atoms with E-state index in [1.165, 1.54) is 56.0 Å². The van der Waals surface area contributed by atoms with Gasteiger partial charge in [-0.3, -0.25) is 9.59 Å². The molecule has 0 fully saturated rings. The number of esters is 2. The predicted molar refractivity (Wildman–Crippen MR) is 530 cm³/mol. The summed E-state index contributed by atoms with van der Waals surface area (Å²) in [7, 11) is 0. The molecule has 0 saturated carbocycles. The van der Waals surface area contributed by atoms with Crippen LogP contribution in [-0.4, -0.2) is 109 Å². The number of thioether (sulfide) groups is 1. The first-order valence-corrected chi connectivity index (χ1v) is 45.7. The van der Waals surface area contributed by atoms with Crippen LogP contribution in [-0.2, 0) is 40.0 Å². The van der Waals surface area contributed by atoms with Gasteiger partial charge < -0.3 is 18.9 Å². The van der Waals surface area contributed by atoms with E-state index in [0.717, 1.165) is 117 Å². The highest BCUT2D eigenvalue weighted by molar-refractivity contribution is 8.00. The largest absolute Gasteiger partial charge is 0.465 e. The molecule has 0 amide bonds. The van der Waals surface area contributed by atoms with Gasteiger partial charge in [-0.1, -0.05) is 78.5 Å². The molecule has 9 aromatic rings. The minimum atomic E-state index is -0.333. The second-order valence-corrected chi connectivity index (χ2v) is 32.7. The van der Waals surface area contributed by atoms with E-state index in [1.54, 1.807) is 11.8 Å². The summed E-state index contributed by atoms with van der Waals surface area (Å²) in [6.07, 6.45) is 3.76. The van der Waals surface area contributed by atoms with Crippen molar-refractivity contribution in [2.75, 3.05) is 97.2 Å². The zero-order valence-corrected chi connectivity index (χ0v) is 78.8. The van der Waals surface area contributed by atoms with Gasteiger partial charge >= 0.3 is 11.9 Å². The van der Waals surface area contributed by atoms with Gasteiger partial charge in [0, 0.05) is 93.3 Å². The first kappa shape index (κ1) is 106. The van der Waals surface area contributed by atoms with Gasteiger partial charge in [0.25, 0.3) is 0 Å². The SMILES string of the molecule is Cc1cc(CS)c(CS)cc1C.O=C(CS)OCCCCOC(=O)CS.SCCCCS.SCCOCCOCCS.SCCSCCS.Sc1ccc(-c2ccc(S)cc2)cc1.Sc1ccc(S)cc1.Sc1ccc(Sc2ccc(S)cc2)cc1.Sc1cccc(S)c1.Sc1cccc2c(S)cccc12. The molecule has 0 spiro atoms. The number of carbonyl (C=O) groups is 2. The molecule has 0 radical (unpaired) electrons. The third-order valence-electron chi connectivity index (χ3n) is 12.9. The Bertz CT molecular complexity index is 3430. The smallest absolute Gasteiger partial charge is 0.315 e.